The van der Waals surface area contributed by atoms with Crippen LogP contribution in [0.15, 0.2) is 54.6 Å². The summed E-state index contributed by atoms with van der Waals surface area (Å²) in [6.45, 7) is 1.59. The number of hydrogen-bond donors (Lipinski definition) is 0. The van der Waals surface area contributed by atoms with Crippen LogP contribution in [0.5, 0.6) is 0 Å². The predicted molar refractivity (Wildman–Crippen MR) is 116 cm³/mol. The van der Waals surface area contributed by atoms with Gasteiger partial charge in [-0.15, -0.1) is 0 Å². The number of ether oxygens (including phenoxy) is 1. The Morgan fingerprint density at radius 1 is 1.00 bits per heavy atom. The van der Waals surface area contributed by atoms with Crippen LogP contribution in [-0.2, 0) is 15.7 Å². The van der Waals surface area contributed by atoms with E-state index in [1.54, 1.807) is 4.90 Å². The highest BCUT2D eigenvalue weighted by Gasteiger charge is 2.41. The lowest BCUT2D eigenvalue weighted by Crippen LogP contribution is -2.57. The van der Waals surface area contributed by atoms with Gasteiger partial charge in [-0.2, -0.15) is 13.2 Å². The van der Waals surface area contributed by atoms with Crippen molar-refractivity contribution >= 4 is 11.8 Å². The molecule has 5 nitrogen and oxygen atoms in total. The maximum absolute atomic E-state index is 13.4. The monoisotopic (exact) mass is 460 g/mol. The van der Waals surface area contributed by atoms with Gasteiger partial charge in [0, 0.05) is 38.3 Å². The van der Waals surface area contributed by atoms with Crippen molar-refractivity contribution in [1.29, 1.82) is 0 Å². The number of halogens is 3. The molecule has 0 saturated carbocycles. The van der Waals surface area contributed by atoms with Crippen LogP contribution in [0.3, 0.4) is 0 Å². The largest absolute Gasteiger partial charge is 0.416 e. The highest BCUT2D eigenvalue weighted by Crippen LogP contribution is 2.34. The summed E-state index contributed by atoms with van der Waals surface area (Å²) in [6.07, 6.45) is -2.74. The van der Waals surface area contributed by atoms with E-state index in [1.807, 2.05) is 35.2 Å². The highest BCUT2D eigenvalue weighted by molar-refractivity contribution is 5.94. The number of benzene rings is 2. The van der Waals surface area contributed by atoms with Crippen LogP contribution < -0.4 is 0 Å². The standard InChI is InChI=1S/C25H27F3N2O3/c1-33-22(17-6-3-2-4-7-17)24(32)30-14-5-8-19-16-29(15-13-21(19)30)23(31)18-9-11-20(12-10-18)25(26,27)28/h2-4,6-7,9-12,19,21-22H,5,8,13-16H2,1H3/t19-,21+,22+/m1/s1. The number of methoxy groups -OCH3 is 1. The molecule has 3 atom stereocenters. The minimum Gasteiger partial charge on any atom is -0.367 e. The molecule has 2 aliphatic heterocycles. The second kappa shape index (κ2) is 9.55. The van der Waals surface area contributed by atoms with Gasteiger partial charge in [-0.1, -0.05) is 30.3 Å². The number of hydrogen-bond acceptors (Lipinski definition) is 3. The zero-order valence-electron chi connectivity index (χ0n) is 18.4. The van der Waals surface area contributed by atoms with Gasteiger partial charge >= 0.3 is 6.18 Å². The van der Waals surface area contributed by atoms with Crippen LogP contribution in [0.1, 0.15) is 46.9 Å². The molecule has 2 aromatic rings. The van der Waals surface area contributed by atoms with Crippen LogP contribution in [0.25, 0.3) is 0 Å². The Balaban J connectivity index is 1.44. The lowest BCUT2D eigenvalue weighted by molar-refractivity contribution is -0.149. The van der Waals surface area contributed by atoms with Crippen molar-refractivity contribution in [3.05, 3.63) is 71.3 Å². The molecule has 0 spiro atoms. The molecule has 0 bridgehead atoms. The third kappa shape index (κ3) is 4.90. The van der Waals surface area contributed by atoms with E-state index in [2.05, 4.69) is 0 Å². The maximum atomic E-state index is 13.4. The Bertz CT molecular complexity index is 979. The van der Waals surface area contributed by atoms with E-state index in [4.69, 9.17) is 4.74 Å². The van der Waals surface area contributed by atoms with E-state index in [0.29, 0.717) is 26.1 Å². The molecule has 0 aromatic heterocycles. The fraction of sp³-hybridized carbons (Fsp3) is 0.440. The zero-order valence-corrected chi connectivity index (χ0v) is 18.4. The number of carbonyl (C=O) groups excluding carboxylic acids is 2. The normalized spacial score (nSPS) is 21.9. The summed E-state index contributed by atoms with van der Waals surface area (Å²) in [7, 11) is 1.53. The Hall–Kier alpha value is -2.87. The van der Waals surface area contributed by atoms with Crippen LogP contribution in [0.4, 0.5) is 13.2 Å². The van der Waals surface area contributed by atoms with Crippen molar-refractivity contribution in [3.8, 4) is 0 Å². The lowest BCUT2D eigenvalue weighted by Gasteiger charge is -2.48. The van der Waals surface area contributed by atoms with Gasteiger partial charge in [0.05, 0.1) is 5.56 Å². The van der Waals surface area contributed by atoms with Crippen molar-refractivity contribution in [2.24, 2.45) is 5.92 Å². The first-order valence-electron chi connectivity index (χ1n) is 11.1. The molecule has 2 saturated heterocycles. The molecule has 2 heterocycles. The quantitative estimate of drug-likeness (QED) is 0.673. The summed E-state index contributed by atoms with van der Waals surface area (Å²) in [5.74, 6) is -0.214. The minimum absolute atomic E-state index is 0.0178. The van der Waals surface area contributed by atoms with Gasteiger partial charge in [-0.05, 0) is 55.0 Å². The molecule has 2 fully saturated rings. The van der Waals surface area contributed by atoms with E-state index < -0.39 is 17.8 Å². The van der Waals surface area contributed by atoms with E-state index in [9.17, 15) is 22.8 Å². The fourth-order valence-corrected chi connectivity index (χ4v) is 5.00. The molecule has 4 rings (SSSR count). The predicted octanol–water partition coefficient (Wildman–Crippen LogP) is 4.55. The smallest absolute Gasteiger partial charge is 0.367 e. The van der Waals surface area contributed by atoms with Crippen LogP contribution in [0.2, 0.25) is 0 Å². The lowest BCUT2D eigenvalue weighted by atomic mass is 9.83. The number of fused-ring (bicyclic) bond motifs is 1. The second-order valence-electron chi connectivity index (χ2n) is 8.64. The van der Waals surface area contributed by atoms with Crippen LogP contribution in [-0.4, -0.2) is 54.4 Å². The van der Waals surface area contributed by atoms with Gasteiger partial charge in [-0.25, -0.2) is 0 Å². The molecule has 2 amide bonds. The SMILES string of the molecule is CO[C@H](C(=O)N1CCC[C@@H]2CN(C(=O)c3ccc(C(F)(F)F)cc3)CC[C@@H]21)c1ccccc1. The molecular formula is C25H27F3N2O3. The summed E-state index contributed by atoms with van der Waals surface area (Å²) in [5.41, 5.74) is 0.279. The fourth-order valence-electron chi connectivity index (χ4n) is 5.00. The molecule has 2 aromatic carbocycles. The topological polar surface area (TPSA) is 49.9 Å². The molecular weight excluding hydrogens is 433 g/mol. The van der Waals surface area contributed by atoms with Crippen molar-refractivity contribution in [3.63, 3.8) is 0 Å². The summed E-state index contributed by atoms with van der Waals surface area (Å²) in [5, 5.41) is 0. The van der Waals surface area contributed by atoms with Gasteiger partial charge in [0.25, 0.3) is 11.8 Å². The van der Waals surface area contributed by atoms with Gasteiger partial charge in [0.15, 0.2) is 6.10 Å². The Kier molecular flexibility index (Phi) is 6.74. The Morgan fingerprint density at radius 3 is 2.33 bits per heavy atom. The average molecular weight is 460 g/mol. The molecule has 33 heavy (non-hydrogen) atoms. The highest BCUT2D eigenvalue weighted by atomic mass is 19.4. The van der Waals surface area contributed by atoms with Gasteiger partial charge in [0.1, 0.15) is 0 Å². The molecule has 0 aliphatic carbocycles. The zero-order chi connectivity index (χ0) is 23.6. The summed E-state index contributed by atoms with van der Waals surface area (Å²) < 4.78 is 44.0. The number of carbonyl (C=O) groups is 2. The van der Waals surface area contributed by atoms with E-state index in [1.165, 1.54) is 19.2 Å². The minimum atomic E-state index is -4.43. The first-order chi connectivity index (χ1) is 15.8. The van der Waals surface area contributed by atoms with E-state index >= 15 is 0 Å². The van der Waals surface area contributed by atoms with E-state index in [0.717, 1.165) is 30.5 Å². The number of likely N-dealkylation sites (tertiary alicyclic amines) is 2. The van der Waals surface area contributed by atoms with Crippen molar-refractivity contribution in [2.75, 3.05) is 26.7 Å². The van der Waals surface area contributed by atoms with E-state index in [-0.39, 0.29) is 29.3 Å². The molecule has 0 radical (unpaired) electrons. The second-order valence-corrected chi connectivity index (χ2v) is 8.64. The summed E-state index contributed by atoms with van der Waals surface area (Å²) in [4.78, 5) is 29.9. The molecule has 2 aliphatic rings. The average Bonchev–Trinajstić information content (AvgIpc) is 2.83. The van der Waals surface area contributed by atoms with Gasteiger partial charge < -0.3 is 14.5 Å². The van der Waals surface area contributed by atoms with Crippen LogP contribution in [0, 0.1) is 5.92 Å². The summed E-state index contributed by atoms with van der Waals surface area (Å²) >= 11 is 0. The van der Waals surface area contributed by atoms with Crippen molar-refractivity contribution in [2.45, 2.75) is 37.6 Å². The summed E-state index contributed by atoms with van der Waals surface area (Å²) in [6, 6.07) is 13.7. The molecule has 176 valence electrons. The third-order valence-corrected chi connectivity index (χ3v) is 6.66. The molecule has 8 heteroatoms. The first kappa shape index (κ1) is 23.3. The molecule has 0 N–H and O–H groups in total. The molecule has 0 unspecified atom stereocenters. The number of rotatable bonds is 4. The Morgan fingerprint density at radius 2 is 1.70 bits per heavy atom. The Labute approximate surface area is 191 Å². The number of amides is 2. The number of nitrogens with zero attached hydrogens (tertiary/aromatic N) is 2. The van der Waals surface area contributed by atoms with Crippen LogP contribution >= 0.6 is 0 Å². The maximum Gasteiger partial charge on any atom is 0.416 e. The van der Waals surface area contributed by atoms with Gasteiger partial charge in [0.2, 0.25) is 0 Å². The number of piperidine rings is 2. The van der Waals surface area contributed by atoms with Crippen molar-refractivity contribution in [1.82, 2.24) is 9.80 Å². The first-order valence-corrected chi connectivity index (χ1v) is 11.1. The third-order valence-electron chi connectivity index (χ3n) is 6.66. The number of alkyl halides is 3. The van der Waals surface area contributed by atoms with Crippen molar-refractivity contribution < 1.29 is 27.5 Å². The van der Waals surface area contributed by atoms with Gasteiger partial charge in [-0.3, -0.25) is 9.59 Å².